The van der Waals surface area contributed by atoms with E-state index in [2.05, 4.69) is 37.1 Å². The van der Waals surface area contributed by atoms with Gasteiger partial charge in [-0.15, -0.1) is 0 Å². The first-order valence-corrected chi connectivity index (χ1v) is 8.57. The number of hydrogen-bond acceptors (Lipinski definition) is 7. The average molecular weight is 361 g/mol. The van der Waals surface area contributed by atoms with Crippen molar-refractivity contribution in [1.82, 2.24) is 25.0 Å². The van der Waals surface area contributed by atoms with E-state index in [0.717, 1.165) is 22.2 Å². The molecule has 3 aromatic heterocycles. The fourth-order valence-corrected chi connectivity index (χ4v) is 3.00. The van der Waals surface area contributed by atoms with Crippen molar-refractivity contribution in [1.29, 1.82) is 0 Å². The average Bonchev–Trinajstić information content (AvgIpc) is 3.17. The zero-order valence-corrected chi connectivity index (χ0v) is 15.2. The van der Waals surface area contributed by atoms with Crippen LogP contribution in [0.25, 0.3) is 22.4 Å². The van der Waals surface area contributed by atoms with Gasteiger partial charge in [0.05, 0.1) is 13.7 Å². The van der Waals surface area contributed by atoms with Gasteiger partial charge in [0, 0.05) is 24.3 Å². The van der Waals surface area contributed by atoms with Crippen LogP contribution < -0.4 is 4.74 Å². The van der Waals surface area contributed by atoms with Gasteiger partial charge >= 0.3 is 0 Å². The molecular formula is C20H19N5O2. The highest BCUT2D eigenvalue weighted by molar-refractivity contribution is 5.87. The Balaban J connectivity index is 1.51. The molecular weight excluding hydrogens is 342 g/mol. The standard InChI is InChI=1S/C20H19N5O2/c1-25(13-18-23-20(24-27-18)16-7-3-4-10-21-16)12-14-8-9-17(26-2)19-15(14)6-5-11-22-19/h3-11H,12-13H2,1-2H3. The minimum atomic E-state index is 0.498. The molecule has 0 atom stereocenters. The molecule has 4 rings (SSSR count). The summed E-state index contributed by atoms with van der Waals surface area (Å²) in [5.41, 5.74) is 2.72. The number of aromatic nitrogens is 4. The third kappa shape index (κ3) is 3.63. The van der Waals surface area contributed by atoms with Crippen molar-refractivity contribution < 1.29 is 9.26 Å². The van der Waals surface area contributed by atoms with Crippen molar-refractivity contribution in [2.45, 2.75) is 13.1 Å². The van der Waals surface area contributed by atoms with Gasteiger partial charge in [0.15, 0.2) is 0 Å². The summed E-state index contributed by atoms with van der Waals surface area (Å²) in [6.45, 7) is 1.25. The highest BCUT2D eigenvalue weighted by Crippen LogP contribution is 2.27. The van der Waals surface area contributed by atoms with Crippen LogP contribution in [0.4, 0.5) is 0 Å². The van der Waals surface area contributed by atoms with Gasteiger partial charge in [-0.25, -0.2) is 0 Å². The highest BCUT2D eigenvalue weighted by atomic mass is 16.5. The summed E-state index contributed by atoms with van der Waals surface area (Å²) in [4.78, 5) is 15.2. The molecule has 27 heavy (non-hydrogen) atoms. The molecule has 1 aromatic carbocycles. The molecule has 0 fully saturated rings. The predicted molar refractivity (Wildman–Crippen MR) is 101 cm³/mol. The first-order chi connectivity index (χ1) is 13.2. The Morgan fingerprint density at radius 3 is 2.70 bits per heavy atom. The molecule has 0 saturated carbocycles. The van der Waals surface area contributed by atoms with Gasteiger partial charge in [-0.05, 0) is 36.9 Å². The fourth-order valence-electron chi connectivity index (χ4n) is 3.00. The normalized spacial score (nSPS) is 11.2. The molecule has 7 nitrogen and oxygen atoms in total. The van der Waals surface area contributed by atoms with E-state index >= 15 is 0 Å². The van der Waals surface area contributed by atoms with Crippen LogP contribution in [0.3, 0.4) is 0 Å². The lowest BCUT2D eigenvalue weighted by Crippen LogP contribution is -2.17. The third-order valence-corrected chi connectivity index (χ3v) is 4.25. The van der Waals surface area contributed by atoms with Gasteiger partial charge in [-0.1, -0.05) is 23.4 Å². The Hall–Kier alpha value is -3.32. The van der Waals surface area contributed by atoms with Crippen LogP contribution in [0, 0.1) is 0 Å². The zero-order valence-electron chi connectivity index (χ0n) is 15.2. The second kappa shape index (κ2) is 7.51. The van der Waals surface area contributed by atoms with Crippen LogP contribution in [0.2, 0.25) is 0 Å². The molecule has 7 heteroatoms. The molecule has 0 bridgehead atoms. The van der Waals surface area contributed by atoms with Crippen LogP contribution in [0.5, 0.6) is 5.75 Å². The molecule has 0 unspecified atom stereocenters. The van der Waals surface area contributed by atoms with Gasteiger partial charge in [0.1, 0.15) is 17.0 Å². The number of fused-ring (bicyclic) bond motifs is 1. The predicted octanol–water partition coefficient (Wildman–Crippen LogP) is 3.32. The SMILES string of the molecule is COc1ccc(CN(C)Cc2nc(-c3ccccn3)no2)c2cccnc12. The lowest BCUT2D eigenvalue weighted by Gasteiger charge is -2.16. The monoisotopic (exact) mass is 361 g/mol. The smallest absolute Gasteiger partial charge is 0.241 e. The molecule has 0 saturated heterocycles. The Kier molecular flexibility index (Phi) is 4.76. The van der Waals surface area contributed by atoms with Crippen LogP contribution in [0.15, 0.2) is 59.4 Å². The third-order valence-electron chi connectivity index (χ3n) is 4.25. The number of ether oxygens (including phenoxy) is 1. The largest absolute Gasteiger partial charge is 0.494 e. The van der Waals surface area contributed by atoms with Crippen LogP contribution in [-0.2, 0) is 13.1 Å². The summed E-state index contributed by atoms with van der Waals surface area (Å²) >= 11 is 0. The van der Waals surface area contributed by atoms with E-state index in [-0.39, 0.29) is 0 Å². The maximum atomic E-state index is 5.41. The molecule has 4 aromatic rings. The summed E-state index contributed by atoms with van der Waals surface area (Å²) < 4.78 is 10.8. The lowest BCUT2D eigenvalue weighted by atomic mass is 10.1. The van der Waals surface area contributed by atoms with Gasteiger partial charge in [0.2, 0.25) is 11.7 Å². The van der Waals surface area contributed by atoms with E-state index in [1.165, 1.54) is 0 Å². The maximum Gasteiger partial charge on any atom is 0.241 e. The fraction of sp³-hybridized carbons (Fsp3) is 0.200. The minimum absolute atomic E-state index is 0.498. The first-order valence-electron chi connectivity index (χ1n) is 8.57. The summed E-state index contributed by atoms with van der Waals surface area (Å²) in [6, 6.07) is 13.6. The molecule has 0 N–H and O–H groups in total. The molecule has 0 aliphatic rings. The van der Waals surface area contributed by atoms with Gasteiger partial charge in [-0.2, -0.15) is 4.98 Å². The summed E-state index contributed by atoms with van der Waals surface area (Å²) in [6.07, 6.45) is 3.48. The van der Waals surface area contributed by atoms with E-state index in [1.807, 2.05) is 37.4 Å². The summed E-state index contributed by atoms with van der Waals surface area (Å²) in [5.74, 6) is 1.82. The van der Waals surface area contributed by atoms with E-state index in [0.29, 0.717) is 30.5 Å². The molecule has 136 valence electrons. The molecule has 0 aliphatic heterocycles. The number of pyridine rings is 2. The van der Waals surface area contributed by atoms with Crippen molar-refractivity contribution in [2.24, 2.45) is 0 Å². The maximum absolute atomic E-state index is 5.41. The van der Waals surface area contributed by atoms with Crippen molar-refractivity contribution in [3.05, 3.63) is 66.3 Å². The Morgan fingerprint density at radius 2 is 1.89 bits per heavy atom. The second-order valence-electron chi connectivity index (χ2n) is 6.23. The van der Waals surface area contributed by atoms with Crippen molar-refractivity contribution >= 4 is 10.9 Å². The number of benzene rings is 1. The van der Waals surface area contributed by atoms with E-state index in [1.54, 1.807) is 19.5 Å². The highest BCUT2D eigenvalue weighted by Gasteiger charge is 2.13. The number of methoxy groups -OCH3 is 1. The van der Waals surface area contributed by atoms with Crippen molar-refractivity contribution in [3.8, 4) is 17.3 Å². The molecule has 0 amide bonds. The number of rotatable bonds is 6. The minimum Gasteiger partial charge on any atom is -0.494 e. The van der Waals surface area contributed by atoms with Gasteiger partial charge in [-0.3, -0.25) is 14.9 Å². The first kappa shape index (κ1) is 17.1. The molecule has 0 radical (unpaired) electrons. The summed E-state index contributed by atoms with van der Waals surface area (Å²) in [7, 11) is 3.67. The van der Waals surface area contributed by atoms with E-state index in [4.69, 9.17) is 9.26 Å². The number of hydrogen-bond donors (Lipinski definition) is 0. The lowest BCUT2D eigenvalue weighted by molar-refractivity contribution is 0.261. The Bertz CT molecular complexity index is 1050. The summed E-state index contributed by atoms with van der Waals surface area (Å²) in [5, 5.41) is 5.09. The van der Waals surface area contributed by atoms with E-state index < -0.39 is 0 Å². The number of nitrogens with zero attached hydrogens (tertiary/aromatic N) is 5. The van der Waals surface area contributed by atoms with Crippen molar-refractivity contribution in [3.63, 3.8) is 0 Å². The van der Waals surface area contributed by atoms with E-state index in [9.17, 15) is 0 Å². The second-order valence-corrected chi connectivity index (χ2v) is 6.23. The Morgan fingerprint density at radius 1 is 1.00 bits per heavy atom. The van der Waals surface area contributed by atoms with Gasteiger partial charge < -0.3 is 9.26 Å². The molecule has 0 aliphatic carbocycles. The topological polar surface area (TPSA) is 77.2 Å². The van der Waals surface area contributed by atoms with Crippen LogP contribution >= 0.6 is 0 Å². The van der Waals surface area contributed by atoms with Crippen LogP contribution in [0.1, 0.15) is 11.5 Å². The van der Waals surface area contributed by atoms with Crippen molar-refractivity contribution in [2.75, 3.05) is 14.2 Å². The molecule has 3 heterocycles. The quantitative estimate of drug-likeness (QED) is 0.521. The zero-order chi connectivity index (χ0) is 18.6. The Labute approximate surface area is 156 Å². The van der Waals surface area contributed by atoms with Crippen LogP contribution in [-0.4, -0.2) is 39.2 Å². The molecule has 0 spiro atoms. The van der Waals surface area contributed by atoms with Gasteiger partial charge in [0.25, 0.3) is 0 Å².